The number of benzene rings is 4. The first-order chi connectivity index (χ1) is 20.8. The standard InChI is InChI=1S/C32H20N2O8/c1-5-21-25(39-13-35-21)9-17(1)29-30(18-2-6-22-26(10-18)40-14-36-22)34-32(20-4-8-24-28(12-20)42-16-38-24)31(33-29)19-3-7-23-27(11-19)41-15-37-23/h1-12H,13-16H2. The number of hydrogen-bond acceptors (Lipinski definition) is 10. The topological polar surface area (TPSA) is 99.6 Å². The molecule has 1 aromatic heterocycles. The fourth-order valence-electron chi connectivity index (χ4n) is 5.42. The van der Waals surface area contributed by atoms with E-state index in [1.54, 1.807) is 0 Å². The van der Waals surface area contributed by atoms with Crippen molar-refractivity contribution in [1.82, 2.24) is 9.97 Å². The van der Waals surface area contributed by atoms with Gasteiger partial charge in [-0.1, -0.05) is 0 Å². The molecule has 0 radical (unpaired) electrons. The summed E-state index contributed by atoms with van der Waals surface area (Å²) >= 11 is 0. The van der Waals surface area contributed by atoms with E-state index in [1.165, 1.54) is 0 Å². The minimum Gasteiger partial charge on any atom is -0.454 e. The highest BCUT2D eigenvalue weighted by molar-refractivity contribution is 5.88. The molecule has 10 heteroatoms. The molecular formula is C32H20N2O8. The Morgan fingerprint density at radius 3 is 0.810 bits per heavy atom. The third kappa shape index (κ3) is 3.65. The molecule has 42 heavy (non-hydrogen) atoms. The van der Waals surface area contributed by atoms with Crippen LogP contribution in [0, 0.1) is 0 Å². The molecule has 0 unspecified atom stereocenters. The number of hydrogen-bond donors (Lipinski definition) is 0. The predicted octanol–water partition coefficient (Wildman–Crippen LogP) is 6.06. The van der Waals surface area contributed by atoms with Crippen LogP contribution in [0.25, 0.3) is 45.0 Å². The molecule has 0 amide bonds. The lowest BCUT2D eigenvalue weighted by molar-refractivity contribution is 0.173. The summed E-state index contributed by atoms with van der Waals surface area (Å²) in [5.41, 5.74) is 5.90. The summed E-state index contributed by atoms with van der Waals surface area (Å²) < 4.78 is 45.1. The largest absolute Gasteiger partial charge is 0.454 e. The number of nitrogens with zero attached hydrogens (tertiary/aromatic N) is 2. The molecule has 9 rings (SSSR count). The van der Waals surface area contributed by atoms with Gasteiger partial charge in [-0.15, -0.1) is 0 Å². The Morgan fingerprint density at radius 1 is 0.310 bits per heavy atom. The van der Waals surface area contributed by atoms with Crippen molar-refractivity contribution < 1.29 is 37.9 Å². The Bertz CT molecular complexity index is 1650. The van der Waals surface area contributed by atoms with E-state index in [0.29, 0.717) is 68.8 Å². The van der Waals surface area contributed by atoms with E-state index in [0.717, 1.165) is 22.3 Å². The van der Waals surface area contributed by atoms with Gasteiger partial charge in [0.25, 0.3) is 0 Å². The highest BCUT2D eigenvalue weighted by Gasteiger charge is 2.26. The number of rotatable bonds is 4. The molecule has 10 nitrogen and oxygen atoms in total. The monoisotopic (exact) mass is 560 g/mol. The van der Waals surface area contributed by atoms with Crippen molar-refractivity contribution in [3.63, 3.8) is 0 Å². The third-order valence-electron chi connectivity index (χ3n) is 7.48. The van der Waals surface area contributed by atoms with Crippen molar-refractivity contribution >= 4 is 0 Å². The first-order valence-electron chi connectivity index (χ1n) is 13.3. The molecule has 0 fully saturated rings. The third-order valence-corrected chi connectivity index (χ3v) is 7.48. The zero-order chi connectivity index (χ0) is 27.6. The summed E-state index contributed by atoms with van der Waals surface area (Å²) in [5, 5.41) is 0. The minimum atomic E-state index is 0.172. The smallest absolute Gasteiger partial charge is 0.231 e. The molecule has 0 saturated carbocycles. The van der Waals surface area contributed by atoms with E-state index in [9.17, 15) is 0 Å². The molecule has 4 aliphatic heterocycles. The summed E-state index contributed by atoms with van der Waals surface area (Å²) in [6.07, 6.45) is 0. The molecular weight excluding hydrogens is 540 g/mol. The lowest BCUT2D eigenvalue weighted by Crippen LogP contribution is -2.01. The Labute approximate surface area is 238 Å². The van der Waals surface area contributed by atoms with Crippen LogP contribution in [0.2, 0.25) is 0 Å². The Balaban J connectivity index is 1.31. The zero-order valence-corrected chi connectivity index (χ0v) is 21.9. The van der Waals surface area contributed by atoms with Gasteiger partial charge in [0.05, 0.1) is 22.8 Å². The summed E-state index contributed by atoms with van der Waals surface area (Å²) in [5.74, 6) is 5.33. The van der Waals surface area contributed by atoms with Crippen LogP contribution in [0.5, 0.6) is 46.0 Å². The van der Waals surface area contributed by atoms with Gasteiger partial charge in [-0.25, -0.2) is 9.97 Å². The van der Waals surface area contributed by atoms with Gasteiger partial charge in [-0.2, -0.15) is 0 Å². The van der Waals surface area contributed by atoms with Crippen LogP contribution < -0.4 is 37.9 Å². The zero-order valence-electron chi connectivity index (χ0n) is 21.9. The van der Waals surface area contributed by atoms with Crippen molar-refractivity contribution in [3.05, 3.63) is 72.8 Å². The number of ether oxygens (including phenoxy) is 8. The predicted molar refractivity (Wildman–Crippen MR) is 148 cm³/mol. The maximum atomic E-state index is 5.70. The fraction of sp³-hybridized carbons (Fsp3) is 0.125. The minimum absolute atomic E-state index is 0.172. The van der Waals surface area contributed by atoms with Crippen LogP contribution in [0.1, 0.15) is 0 Å². The van der Waals surface area contributed by atoms with Crippen molar-refractivity contribution in [2.24, 2.45) is 0 Å². The van der Waals surface area contributed by atoms with Gasteiger partial charge in [0.2, 0.25) is 27.2 Å². The van der Waals surface area contributed by atoms with Gasteiger partial charge in [0.1, 0.15) is 0 Å². The highest BCUT2D eigenvalue weighted by atomic mass is 16.7. The summed E-state index contributed by atoms with van der Waals surface area (Å²) in [4.78, 5) is 10.6. The van der Waals surface area contributed by atoms with Crippen molar-refractivity contribution in [3.8, 4) is 91.0 Å². The van der Waals surface area contributed by atoms with Gasteiger partial charge in [-0.05, 0) is 72.8 Å². The second-order valence-corrected chi connectivity index (χ2v) is 9.89. The van der Waals surface area contributed by atoms with Gasteiger partial charge < -0.3 is 37.9 Å². The Kier molecular flexibility index (Phi) is 4.91. The molecule has 0 saturated heterocycles. The van der Waals surface area contributed by atoms with Gasteiger partial charge in [-0.3, -0.25) is 0 Å². The average Bonchev–Trinajstić information content (AvgIpc) is 3.85. The van der Waals surface area contributed by atoms with Crippen molar-refractivity contribution in [2.75, 3.05) is 27.2 Å². The maximum absolute atomic E-state index is 5.70. The Hall–Kier alpha value is -5.64. The van der Waals surface area contributed by atoms with Crippen molar-refractivity contribution in [2.45, 2.75) is 0 Å². The molecule has 0 aliphatic carbocycles. The van der Waals surface area contributed by atoms with Crippen molar-refractivity contribution in [1.29, 1.82) is 0 Å². The molecule has 0 N–H and O–H groups in total. The van der Waals surface area contributed by atoms with Crippen LogP contribution >= 0.6 is 0 Å². The van der Waals surface area contributed by atoms with Crippen LogP contribution in [0.4, 0.5) is 0 Å². The first kappa shape index (κ1) is 23.1. The lowest BCUT2D eigenvalue weighted by atomic mass is 9.98. The molecule has 5 aromatic rings. The Morgan fingerprint density at radius 2 is 0.548 bits per heavy atom. The van der Waals surface area contributed by atoms with Crippen LogP contribution in [0.15, 0.2) is 72.8 Å². The first-order valence-corrected chi connectivity index (χ1v) is 13.3. The normalized spacial score (nSPS) is 14.9. The molecule has 5 heterocycles. The van der Waals surface area contributed by atoms with Crippen LogP contribution in [-0.4, -0.2) is 37.1 Å². The van der Waals surface area contributed by atoms with E-state index < -0.39 is 0 Å². The molecule has 0 spiro atoms. The van der Waals surface area contributed by atoms with Gasteiger partial charge >= 0.3 is 0 Å². The summed E-state index contributed by atoms with van der Waals surface area (Å²) in [6.45, 7) is 0.686. The fourth-order valence-corrected chi connectivity index (χ4v) is 5.42. The van der Waals surface area contributed by atoms with E-state index >= 15 is 0 Å². The van der Waals surface area contributed by atoms with Crippen LogP contribution in [0.3, 0.4) is 0 Å². The average molecular weight is 561 g/mol. The lowest BCUT2D eigenvalue weighted by Gasteiger charge is -2.17. The molecule has 206 valence electrons. The maximum Gasteiger partial charge on any atom is 0.231 e. The summed E-state index contributed by atoms with van der Waals surface area (Å²) in [7, 11) is 0. The molecule has 4 aromatic carbocycles. The number of aromatic nitrogens is 2. The van der Waals surface area contributed by atoms with E-state index in [1.807, 2.05) is 72.8 Å². The second-order valence-electron chi connectivity index (χ2n) is 9.89. The molecule has 0 atom stereocenters. The quantitative estimate of drug-likeness (QED) is 0.258. The number of fused-ring (bicyclic) bond motifs is 4. The SMILES string of the molecule is c1cc2c(cc1-c1nc(-c3ccc4c(c3)OCO4)c(-c3ccc4c(c3)OCO4)nc1-c1ccc3c(c1)OCO3)OCO2. The second kappa shape index (κ2) is 8.93. The van der Waals surface area contributed by atoms with E-state index in [2.05, 4.69) is 0 Å². The van der Waals surface area contributed by atoms with E-state index in [-0.39, 0.29) is 27.2 Å². The van der Waals surface area contributed by atoms with E-state index in [4.69, 9.17) is 47.9 Å². The molecule has 0 bridgehead atoms. The summed E-state index contributed by atoms with van der Waals surface area (Å²) in [6, 6.07) is 23.1. The van der Waals surface area contributed by atoms with Crippen LogP contribution in [-0.2, 0) is 0 Å². The van der Waals surface area contributed by atoms with Gasteiger partial charge in [0, 0.05) is 22.3 Å². The highest BCUT2D eigenvalue weighted by Crippen LogP contribution is 2.45. The van der Waals surface area contributed by atoms with Gasteiger partial charge in [0.15, 0.2) is 46.0 Å². The molecule has 4 aliphatic rings.